The molecule has 13 heavy (non-hydrogen) atoms. The summed E-state index contributed by atoms with van der Waals surface area (Å²) in [5.41, 5.74) is 5.72. The molecule has 0 bridgehead atoms. The summed E-state index contributed by atoms with van der Waals surface area (Å²) < 4.78 is 5.42. The second-order valence-corrected chi connectivity index (χ2v) is 3.84. The summed E-state index contributed by atoms with van der Waals surface area (Å²) in [7, 11) is 2.13. The van der Waals surface area contributed by atoms with Gasteiger partial charge in [-0.05, 0) is 31.6 Å². The van der Waals surface area contributed by atoms with Gasteiger partial charge in [-0.25, -0.2) is 0 Å². The average Bonchev–Trinajstić information content (AvgIpc) is 2.71. The fourth-order valence-electron chi connectivity index (χ4n) is 2.15. The number of nitrogens with zero attached hydrogens (tertiary/aromatic N) is 1. The Morgan fingerprint density at radius 2 is 2.46 bits per heavy atom. The number of nitrogens with two attached hydrogens (primary N) is 1. The van der Waals surface area contributed by atoms with Gasteiger partial charge in [-0.15, -0.1) is 0 Å². The minimum absolute atomic E-state index is 0.491. The van der Waals surface area contributed by atoms with E-state index in [1.54, 1.807) is 6.26 Å². The summed E-state index contributed by atoms with van der Waals surface area (Å²) in [4.78, 5) is 2.31. The average molecular weight is 180 g/mol. The monoisotopic (exact) mass is 180 g/mol. The molecule has 3 nitrogen and oxygen atoms in total. The Labute approximate surface area is 78.5 Å². The zero-order valence-electron chi connectivity index (χ0n) is 7.94. The van der Waals surface area contributed by atoms with Crippen molar-refractivity contribution in [3.63, 3.8) is 0 Å². The van der Waals surface area contributed by atoms with Gasteiger partial charge in [0, 0.05) is 19.0 Å². The van der Waals surface area contributed by atoms with Crippen molar-refractivity contribution in [1.29, 1.82) is 0 Å². The summed E-state index contributed by atoms with van der Waals surface area (Å²) in [6, 6.07) is 3.99. The van der Waals surface area contributed by atoms with Crippen molar-refractivity contribution >= 4 is 0 Å². The Hall–Kier alpha value is -0.800. The molecule has 1 aliphatic heterocycles. The quantitative estimate of drug-likeness (QED) is 0.734. The van der Waals surface area contributed by atoms with Crippen molar-refractivity contribution in [2.45, 2.75) is 5.92 Å². The maximum absolute atomic E-state index is 5.72. The topological polar surface area (TPSA) is 42.4 Å². The third-order valence-electron chi connectivity index (χ3n) is 2.83. The number of rotatable bonds is 2. The van der Waals surface area contributed by atoms with Crippen molar-refractivity contribution < 1.29 is 4.42 Å². The van der Waals surface area contributed by atoms with Crippen LogP contribution >= 0.6 is 0 Å². The fourth-order valence-corrected chi connectivity index (χ4v) is 2.15. The van der Waals surface area contributed by atoms with Gasteiger partial charge in [0.05, 0.1) is 6.26 Å². The molecule has 0 unspecified atom stereocenters. The molecule has 1 aliphatic rings. The third kappa shape index (κ3) is 1.62. The summed E-state index contributed by atoms with van der Waals surface area (Å²) in [5.74, 6) is 2.13. The molecule has 0 radical (unpaired) electrons. The van der Waals surface area contributed by atoms with Gasteiger partial charge < -0.3 is 15.1 Å². The molecule has 1 fully saturated rings. The zero-order valence-corrected chi connectivity index (χ0v) is 7.94. The van der Waals surface area contributed by atoms with E-state index in [1.807, 2.05) is 12.1 Å². The van der Waals surface area contributed by atoms with Crippen molar-refractivity contribution in [2.24, 2.45) is 11.7 Å². The molecule has 1 aromatic rings. The lowest BCUT2D eigenvalue weighted by Gasteiger charge is -2.13. The van der Waals surface area contributed by atoms with Gasteiger partial charge in [0.2, 0.25) is 0 Å². The van der Waals surface area contributed by atoms with E-state index in [0.717, 1.165) is 25.4 Å². The summed E-state index contributed by atoms with van der Waals surface area (Å²) in [6.07, 6.45) is 1.74. The number of furan rings is 1. The van der Waals surface area contributed by atoms with Gasteiger partial charge in [-0.3, -0.25) is 0 Å². The van der Waals surface area contributed by atoms with Gasteiger partial charge in [-0.2, -0.15) is 0 Å². The number of likely N-dealkylation sites (tertiary alicyclic amines) is 1. The smallest absolute Gasteiger partial charge is 0.108 e. The Morgan fingerprint density at radius 1 is 1.62 bits per heavy atom. The van der Waals surface area contributed by atoms with Crippen LogP contribution in [0.5, 0.6) is 0 Å². The van der Waals surface area contributed by atoms with Gasteiger partial charge in [0.25, 0.3) is 0 Å². The molecule has 2 rings (SSSR count). The normalized spacial score (nSPS) is 29.7. The predicted octanol–water partition coefficient (Wildman–Crippen LogP) is 0.883. The minimum Gasteiger partial charge on any atom is -0.469 e. The molecule has 2 N–H and O–H groups in total. The Balaban J connectivity index is 2.14. The molecular weight excluding hydrogens is 164 g/mol. The van der Waals surface area contributed by atoms with Crippen LogP contribution in [-0.4, -0.2) is 31.6 Å². The van der Waals surface area contributed by atoms with Crippen LogP contribution in [0.1, 0.15) is 11.7 Å². The summed E-state index contributed by atoms with van der Waals surface area (Å²) >= 11 is 0. The number of likely N-dealkylation sites (N-methyl/N-ethyl adjacent to an activating group) is 1. The van der Waals surface area contributed by atoms with Crippen molar-refractivity contribution in [3.05, 3.63) is 24.2 Å². The van der Waals surface area contributed by atoms with E-state index in [2.05, 4.69) is 11.9 Å². The van der Waals surface area contributed by atoms with Crippen molar-refractivity contribution in [2.75, 3.05) is 26.7 Å². The van der Waals surface area contributed by atoms with Gasteiger partial charge in [-0.1, -0.05) is 0 Å². The molecule has 72 valence electrons. The zero-order chi connectivity index (χ0) is 9.26. The summed E-state index contributed by atoms with van der Waals surface area (Å²) in [5, 5.41) is 0. The van der Waals surface area contributed by atoms with Crippen LogP contribution in [0.15, 0.2) is 22.8 Å². The molecular formula is C10H16N2O. The van der Waals surface area contributed by atoms with Crippen molar-refractivity contribution in [3.8, 4) is 0 Å². The Kier molecular flexibility index (Phi) is 2.38. The first-order valence-electron chi connectivity index (χ1n) is 4.73. The third-order valence-corrected chi connectivity index (χ3v) is 2.83. The molecule has 2 atom stereocenters. The highest BCUT2D eigenvalue weighted by Crippen LogP contribution is 2.31. The maximum Gasteiger partial charge on any atom is 0.108 e. The molecule has 0 saturated carbocycles. The van der Waals surface area contributed by atoms with Crippen LogP contribution in [0.25, 0.3) is 0 Å². The standard InChI is InChI=1S/C10H16N2O/c1-12-6-8(5-11)9(7-12)10-3-2-4-13-10/h2-4,8-9H,5-7,11H2,1H3/t8-,9-/m1/s1. The highest BCUT2D eigenvalue weighted by atomic mass is 16.3. The minimum atomic E-state index is 0.491. The van der Waals surface area contributed by atoms with E-state index in [4.69, 9.17) is 10.2 Å². The highest BCUT2D eigenvalue weighted by Gasteiger charge is 2.32. The molecule has 2 heterocycles. The predicted molar refractivity (Wildman–Crippen MR) is 51.5 cm³/mol. The molecule has 0 aromatic carbocycles. The van der Waals surface area contributed by atoms with E-state index < -0.39 is 0 Å². The first-order valence-corrected chi connectivity index (χ1v) is 4.73. The molecule has 3 heteroatoms. The van der Waals surface area contributed by atoms with E-state index >= 15 is 0 Å². The SMILES string of the molecule is CN1C[C@@H](CN)[C@H](c2ccco2)C1. The van der Waals surface area contributed by atoms with Gasteiger partial charge in [0.1, 0.15) is 5.76 Å². The largest absolute Gasteiger partial charge is 0.469 e. The number of hydrogen-bond donors (Lipinski definition) is 1. The van der Waals surface area contributed by atoms with Crippen LogP contribution in [0.2, 0.25) is 0 Å². The van der Waals surface area contributed by atoms with Crippen LogP contribution in [-0.2, 0) is 0 Å². The molecule has 0 spiro atoms. The lowest BCUT2D eigenvalue weighted by molar-refractivity contribution is 0.394. The highest BCUT2D eigenvalue weighted by molar-refractivity contribution is 5.10. The van der Waals surface area contributed by atoms with Gasteiger partial charge in [0.15, 0.2) is 0 Å². The molecule has 0 amide bonds. The van der Waals surface area contributed by atoms with Gasteiger partial charge >= 0.3 is 0 Å². The maximum atomic E-state index is 5.72. The van der Waals surface area contributed by atoms with Crippen LogP contribution < -0.4 is 5.73 Å². The fraction of sp³-hybridized carbons (Fsp3) is 0.600. The first kappa shape index (κ1) is 8.78. The lowest BCUT2D eigenvalue weighted by Crippen LogP contribution is -2.21. The Morgan fingerprint density at radius 3 is 3.08 bits per heavy atom. The summed E-state index contributed by atoms with van der Waals surface area (Å²) in [6.45, 7) is 2.90. The van der Waals surface area contributed by atoms with Crippen LogP contribution in [0.4, 0.5) is 0 Å². The second kappa shape index (κ2) is 3.52. The molecule has 1 saturated heterocycles. The first-order chi connectivity index (χ1) is 6.31. The van der Waals surface area contributed by atoms with Crippen LogP contribution in [0.3, 0.4) is 0 Å². The van der Waals surface area contributed by atoms with E-state index in [-0.39, 0.29) is 0 Å². The molecule has 1 aromatic heterocycles. The van der Waals surface area contributed by atoms with Crippen molar-refractivity contribution in [1.82, 2.24) is 4.90 Å². The van der Waals surface area contributed by atoms with E-state index in [1.165, 1.54) is 0 Å². The number of hydrogen-bond acceptors (Lipinski definition) is 3. The second-order valence-electron chi connectivity index (χ2n) is 3.84. The van der Waals surface area contributed by atoms with Crippen LogP contribution in [0, 0.1) is 5.92 Å². The molecule has 0 aliphatic carbocycles. The lowest BCUT2D eigenvalue weighted by atomic mass is 9.94. The van der Waals surface area contributed by atoms with E-state index in [0.29, 0.717) is 11.8 Å². The van der Waals surface area contributed by atoms with E-state index in [9.17, 15) is 0 Å². The Bertz CT molecular complexity index is 258.